The van der Waals surface area contributed by atoms with Crippen LogP contribution >= 0.6 is 0 Å². The Balaban J connectivity index is 2.14. The summed E-state index contributed by atoms with van der Waals surface area (Å²) in [6, 6.07) is 11.2. The molecule has 0 spiro atoms. The number of aromatic nitrogens is 1. The minimum atomic E-state index is -0.297. The van der Waals surface area contributed by atoms with Gasteiger partial charge in [0.15, 0.2) is 0 Å². The molecule has 1 aromatic heterocycles. The molecule has 0 aliphatic heterocycles. The molecule has 2 nitrogen and oxygen atoms in total. The van der Waals surface area contributed by atoms with Gasteiger partial charge < -0.3 is 5.73 Å². The maximum Gasteiger partial charge on any atom is 0.144 e. The van der Waals surface area contributed by atoms with Crippen molar-refractivity contribution < 1.29 is 4.39 Å². The van der Waals surface area contributed by atoms with Crippen LogP contribution in [0.1, 0.15) is 17.2 Å². The summed E-state index contributed by atoms with van der Waals surface area (Å²) in [6.45, 7) is 0. The van der Waals surface area contributed by atoms with E-state index in [4.69, 9.17) is 5.73 Å². The highest BCUT2D eigenvalue weighted by Gasteiger charge is 2.09. The molecule has 0 bridgehead atoms. The second-order valence-corrected chi connectivity index (χ2v) is 3.69. The largest absolute Gasteiger partial charge is 0.324 e. The summed E-state index contributed by atoms with van der Waals surface area (Å²) in [5.74, 6) is -0.297. The molecule has 0 saturated carbocycles. The standard InChI is InChI=1S/C13H13FN2/c14-12-9-16-7-6-11(12)8-13(15)10-4-2-1-3-5-10/h1-7,9,13H,8,15H2. The molecule has 2 rings (SSSR count). The molecule has 0 saturated heterocycles. The Bertz CT molecular complexity index is 456. The smallest absolute Gasteiger partial charge is 0.144 e. The van der Waals surface area contributed by atoms with Crippen LogP contribution in [0.25, 0.3) is 0 Å². The van der Waals surface area contributed by atoms with E-state index >= 15 is 0 Å². The minimum absolute atomic E-state index is 0.182. The van der Waals surface area contributed by atoms with Gasteiger partial charge in [-0.1, -0.05) is 30.3 Å². The van der Waals surface area contributed by atoms with Crippen molar-refractivity contribution in [1.82, 2.24) is 4.98 Å². The van der Waals surface area contributed by atoms with E-state index < -0.39 is 0 Å². The first-order valence-electron chi connectivity index (χ1n) is 5.16. The number of rotatable bonds is 3. The maximum absolute atomic E-state index is 13.3. The van der Waals surface area contributed by atoms with Gasteiger partial charge in [0, 0.05) is 12.2 Å². The van der Waals surface area contributed by atoms with E-state index in [1.165, 1.54) is 6.20 Å². The molecule has 0 amide bonds. The Morgan fingerprint density at radius 3 is 2.62 bits per heavy atom. The lowest BCUT2D eigenvalue weighted by molar-refractivity contribution is 0.587. The van der Waals surface area contributed by atoms with Crippen LogP contribution in [0.4, 0.5) is 4.39 Å². The van der Waals surface area contributed by atoms with Crippen LogP contribution in [-0.4, -0.2) is 4.98 Å². The van der Waals surface area contributed by atoms with Gasteiger partial charge in [-0.3, -0.25) is 4.98 Å². The van der Waals surface area contributed by atoms with Crippen LogP contribution in [0.15, 0.2) is 48.8 Å². The van der Waals surface area contributed by atoms with E-state index in [0.717, 1.165) is 5.56 Å². The van der Waals surface area contributed by atoms with Crippen LogP contribution in [-0.2, 0) is 6.42 Å². The second-order valence-electron chi connectivity index (χ2n) is 3.69. The van der Waals surface area contributed by atoms with E-state index in [1.807, 2.05) is 30.3 Å². The van der Waals surface area contributed by atoms with Gasteiger partial charge in [0.05, 0.1) is 6.20 Å². The van der Waals surface area contributed by atoms with Crippen molar-refractivity contribution >= 4 is 0 Å². The number of pyridine rings is 1. The van der Waals surface area contributed by atoms with Gasteiger partial charge in [0.1, 0.15) is 5.82 Å². The van der Waals surface area contributed by atoms with Crippen molar-refractivity contribution in [2.75, 3.05) is 0 Å². The predicted molar refractivity (Wildman–Crippen MR) is 61.3 cm³/mol. The fourth-order valence-corrected chi connectivity index (χ4v) is 1.62. The number of hydrogen-bond donors (Lipinski definition) is 1. The lowest BCUT2D eigenvalue weighted by Gasteiger charge is -2.12. The Morgan fingerprint density at radius 1 is 1.19 bits per heavy atom. The van der Waals surface area contributed by atoms with E-state index in [-0.39, 0.29) is 11.9 Å². The van der Waals surface area contributed by atoms with Crippen molar-refractivity contribution in [3.63, 3.8) is 0 Å². The summed E-state index contributed by atoms with van der Waals surface area (Å²) in [5.41, 5.74) is 7.62. The van der Waals surface area contributed by atoms with Crippen LogP contribution in [0.2, 0.25) is 0 Å². The molecule has 2 N–H and O–H groups in total. The lowest BCUT2D eigenvalue weighted by Crippen LogP contribution is -2.14. The number of hydrogen-bond acceptors (Lipinski definition) is 2. The minimum Gasteiger partial charge on any atom is -0.324 e. The van der Waals surface area contributed by atoms with Crippen molar-refractivity contribution in [3.05, 3.63) is 65.7 Å². The summed E-state index contributed by atoms with van der Waals surface area (Å²) >= 11 is 0. The van der Waals surface area contributed by atoms with Crippen LogP contribution < -0.4 is 5.73 Å². The average molecular weight is 216 g/mol. The van der Waals surface area contributed by atoms with Crippen LogP contribution in [0, 0.1) is 5.82 Å². The SMILES string of the molecule is NC(Cc1ccncc1F)c1ccccc1. The Kier molecular flexibility index (Phi) is 3.27. The highest BCUT2D eigenvalue weighted by atomic mass is 19.1. The van der Waals surface area contributed by atoms with Crippen molar-refractivity contribution in [3.8, 4) is 0 Å². The fraction of sp³-hybridized carbons (Fsp3) is 0.154. The molecule has 1 unspecified atom stereocenters. The van der Waals surface area contributed by atoms with Crippen molar-refractivity contribution in [2.45, 2.75) is 12.5 Å². The Hall–Kier alpha value is -1.74. The first-order chi connectivity index (χ1) is 7.77. The quantitative estimate of drug-likeness (QED) is 0.856. The van der Waals surface area contributed by atoms with Gasteiger partial charge in [-0.2, -0.15) is 0 Å². The van der Waals surface area contributed by atoms with E-state index in [0.29, 0.717) is 12.0 Å². The number of nitrogens with two attached hydrogens (primary N) is 1. The van der Waals surface area contributed by atoms with Gasteiger partial charge in [-0.15, -0.1) is 0 Å². The van der Waals surface area contributed by atoms with E-state index in [9.17, 15) is 4.39 Å². The zero-order valence-corrected chi connectivity index (χ0v) is 8.81. The molecular formula is C13H13FN2. The Morgan fingerprint density at radius 2 is 1.94 bits per heavy atom. The normalized spacial score (nSPS) is 12.4. The molecule has 2 aromatic rings. The zero-order valence-electron chi connectivity index (χ0n) is 8.81. The zero-order chi connectivity index (χ0) is 11.4. The molecule has 0 aliphatic rings. The van der Waals surface area contributed by atoms with Crippen LogP contribution in [0.5, 0.6) is 0 Å². The highest BCUT2D eigenvalue weighted by molar-refractivity contribution is 5.22. The lowest BCUT2D eigenvalue weighted by atomic mass is 10.0. The molecule has 1 aromatic carbocycles. The molecule has 3 heteroatoms. The topological polar surface area (TPSA) is 38.9 Å². The summed E-state index contributed by atoms with van der Waals surface area (Å²) in [5, 5.41) is 0. The second kappa shape index (κ2) is 4.86. The third-order valence-electron chi connectivity index (χ3n) is 2.52. The number of halogens is 1. The van der Waals surface area contributed by atoms with Crippen molar-refractivity contribution in [1.29, 1.82) is 0 Å². The molecule has 16 heavy (non-hydrogen) atoms. The highest BCUT2D eigenvalue weighted by Crippen LogP contribution is 2.16. The predicted octanol–water partition coefficient (Wildman–Crippen LogP) is 2.46. The molecule has 1 atom stereocenters. The molecule has 82 valence electrons. The summed E-state index contributed by atoms with van der Waals surface area (Å²) < 4.78 is 13.3. The molecule has 0 aliphatic carbocycles. The summed E-state index contributed by atoms with van der Waals surface area (Å²) in [7, 11) is 0. The van der Waals surface area contributed by atoms with E-state index in [1.54, 1.807) is 12.3 Å². The van der Waals surface area contributed by atoms with Crippen molar-refractivity contribution in [2.24, 2.45) is 5.73 Å². The van der Waals surface area contributed by atoms with Gasteiger partial charge in [0.25, 0.3) is 0 Å². The number of nitrogens with zero attached hydrogens (tertiary/aromatic N) is 1. The summed E-state index contributed by atoms with van der Waals surface area (Å²) in [6.07, 6.45) is 3.28. The first kappa shape index (κ1) is 10.8. The molecule has 0 fully saturated rings. The van der Waals surface area contributed by atoms with Gasteiger partial charge in [-0.05, 0) is 23.6 Å². The van der Waals surface area contributed by atoms with Gasteiger partial charge >= 0.3 is 0 Å². The molecular weight excluding hydrogens is 203 g/mol. The first-order valence-corrected chi connectivity index (χ1v) is 5.16. The monoisotopic (exact) mass is 216 g/mol. The number of benzene rings is 1. The molecule has 0 radical (unpaired) electrons. The average Bonchev–Trinajstić information content (AvgIpc) is 2.33. The maximum atomic E-state index is 13.3. The fourth-order valence-electron chi connectivity index (χ4n) is 1.62. The van der Waals surface area contributed by atoms with Crippen LogP contribution in [0.3, 0.4) is 0 Å². The van der Waals surface area contributed by atoms with E-state index in [2.05, 4.69) is 4.98 Å². The molecule has 1 heterocycles. The Labute approximate surface area is 93.9 Å². The third kappa shape index (κ3) is 2.44. The summed E-state index contributed by atoms with van der Waals surface area (Å²) in [4.78, 5) is 3.71. The van der Waals surface area contributed by atoms with Gasteiger partial charge in [0.2, 0.25) is 0 Å². The third-order valence-corrected chi connectivity index (χ3v) is 2.52. The van der Waals surface area contributed by atoms with Gasteiger partial charge in [-0.25, -0.2) is 4.39 Å².